The first-order chi connectivity index (χ1) is 12.8. The topological polar surface area (TPSA) is 60.3 Å². The second-order valence-corrected chi connectivity index (χ2v) is 9.44. The van der Waals surface area contributed by atoms with Crippen LogP contribution in [0.15, 0.2) is 24.3 Å². The minimum absolute atomic E-state index is 0.0640. The molecule has 0 spiro atoms. The van der Waals surface area contributed by atoms with Crippen LogP contribution in [0.1, 0.15) is 38.5 Å². The van der Waals surface area contributed by atoms with E-state index >= 15 is 0 Å². The first-order valence-corrected chi connectivity index (χ1v) is 11.1. The zero-order valence-corrected chi connectivity index (χ0v) is 16.2. The molecule has 141 valence electrons. The van der Waals surface area contributed by atoms with Gasteiger partial charge in [0.25, 0.3) is 0 Å². The maximum absolute atomic E-state index is 10.7. The molecule has 8 heteroatoms. The Balaban J connectivity index is 0.000000144. The Hall–Kier alpha value is -1.27. The van der Waals surface area contributed by atoms with Crippen LogP contribution in [-0.2, 0) is 5.21 Å². The van der Waals surface area contributed by atoms with Crippen molar-refractivity contribution in [2.75, 3.05) is 39.3 Å². The summed E-state index contributed by atoms with van der Waals surface area (Å²) >= 11 is 0. The third kappa shape index (κ3) is 4.01. The van der Waals surface area contributed by atoms with Crippen molar-refractivity contribution in [1.82, 2.24) is 29.2 Å². The van der Waals surface area contributed by atoms with Crippen LogP contribution in [0.2, 0.25) is 0 Å². The fourth-order valence-electron chi connectivity index (χ4n) is 4.02. The lowest BCUT2D eigenvalue weighted by atomic mass is 10.3. The number of nitrogens with zero attached hydrogens (tertiary/aromatic N) is 6. The zero-order chi connectivity index (χ0) is 17.8. The Morgan fingerprint density at radius 2 is 1.19 bits per heavy atom. The summed E-state index contributed by atoms with van der Waals surface area (Å²) in [7, 11) is -0.0640. The Morgan fingerprint density at radius 1 is 0.731 bits per heavy atom. The molecule has 7 nitrogen and oxygen atoms in total. The quantitative estimate of drug-likeness (QED) is 0.772. The smallest absolute Gasteiger partial charge is 0.135 e. The van der Waals surface area contributed by atoms with Gasteiger partial charge in [-0.1, -0.05) is 12.1 Å². The van der Waals surface area contributed by atoms with Crippen LogP contribution >= 0.6 is 8.37 Å². The number of benzene rings is 1. The molecule has 0 saturated carbocycles. The van der Waals surface area contributed by atoms with Crippen molar-refractivity contribution in [3.05, 3.63) is 24.3 Å². The molecule has 1 aromatic carbocycles. The van der Waals surface area contributed by atoms with Gasteiger partial charge < -0.3 is 0 Å². The highest BCUT2D eigenvalue weighted by atomic mass is 31.2. The van der Waals surface area contributed by atoms with Crippen molar-refractivity contribution in [1.29, 1.82) is 0 Å². The molecular formula is C18H28N6OP. The number of aromatic nitrogens is 3. The fraction of sp³-hybridized carbons (Fsp3) is 0.667. The van der Waals surface area contributed by atoms with E-state index in [1.807, 2.05) is 6.07 Å². The molecule has 26 heavy (non-hydrogen) atoms. The standard InChI is InChI=1S/C12H24N3P.C6H4N3O/c1-2-8-13(7-1)16(14-9-3-4-10-14)15-11-5-6-12-15;10-9-6-4-2-1-3-5(6)7-8-9/h1-12H2;1-4H. The maximum atomic E-state index is 10.7. The third-order valence-electron chi connectivity index (χ3n) is 5.33. The van der Waals surface area contributed by atoms with E-state index in [4.69, 9.17) is 0 Å². The van der Waals surface area contributed by atoms with E-state index in [0.29, 0.717) is 15.9 Å². The van der Waals surface area contributed by atoms with Crippen molar-refractivity contribution in [2.24, 2.45) is 0 Å². The average molecular weight is 375 g/mol. The van der Waals surface area contributed by atoms with Gasteiger partial charge in [0, 0.05) is 39.3 Å². The molecule has 1 aromatic heterocycles. The number of para-hydroxylation sites is 1. The van der Waals surface area contributed by atoms with E-state index in [1.165, 1.54) is 77.8 Å². The van der Waals surface area contributed by atoms with E-state index in [1.54, 1.807) is 18.2 Å². The summed E-state index contributed by atoms with van der Waals surface area (Å²) in [6, 6.07) is 7.02. The molecule has 5 rings (SSSR count). The predicted molar refractivity (Wildman–Crippen MR) is 103 cm³/mol. The molecule has 0 aliphatic carbocycles. The molecule has 0 N–H and O–H groups in total. The molecule has 3 fully saturated rings. The summed E-state index contributed by atoms with van der Waals surface area (Å²) in [6.07, 6.45) is 8.59. The Kier molecular flexibility index (Phi) is 6.00. The van der Waals surface area contributed by atoms with Gasteiger partial charge in [0.2, 0.25) is 0 Å². The molecule has 0 atom stereocenters. The van der Waals surface area contributed by atoms with Crippen molar-refractivity contribution in [3.8, 4) is 0 Å². The molecule has 3 aliphatic rings. The molecule has 3 saturated heterocycles. The highest BCUT2D eigenvalue weighted by molar-refractivity contribution is 7.50. The predicted octanol–water partition coefficient (Wildman–Crippen LogP) is 3.13. The molecular weight excluding hydrogens is 347 g/mol. The van der Waals surface area contributed by atoms with Crippen molar-refractivity contribution in [2.45, 2.75) is 38.5 Å². The van der Waals surface area contributed by atoms with Crippen molar-refractivity contribution < 1.29 is 5.21 Å². The zero-order valence-electron chi connectivity index (χ0n) is 15.3. The summed E-state index contributed by atoms with van der Waals surface area (Å²) in [4.78, 5) is 0.509. The maximum Gasteiger partial charge on any atom is 0.135 e. The SMILES string of the molecule is C1CCN(P(N2CCCC2)N2CCCC2)C1.[O]n1nnc2ccccc21. The van der Waals surface area contributed by atoms with E-state index in [0.717, 1.165) is 0 Å². The van der Waals surface area contributed by atoms with E-state index in [2.05, 4.69) is 24.3 Å². The molecule has 0 bridgehead atoms. The van der Waals surface area contributed by atoms with Gasteiger partial charge in [-0.3, -0.25) is 14.0 Å². The number of fused-ring (bicyclic) bond motifs is 1. The Labute approximate surface area is 156 Å². The van der Waals surface area contributed by atoms with Gasteiger partial charge in [-0.05, 0) is 60.7 Å². The van der Waals surface area contributed by atoms with Crippen LogP contribution in [0, 0.1) is 0 Å². The van der Waals surface area contributed by atoms with Gasteiger partial charge in [0.05, 0.1) is 0 Å². The van der Waals surface area contributed by atoms with Crippen molar-refractivity contribution >= 4 is 19.4 Å². The van der Waals surface area contributed by atoms with Crippen LogP contribution < -0.4 is 0 Å². The molecule has 2 aromatic rings. The highest BCUT2D eigenvalue weighted by Crippen LogP contribution is 2.52. The minimum atomic E-state index is -0.0640. The molecule has 3 aliphatic heterocycles. The summed E-state index contributed by atoms with van der Waals surface area (Å²) in [5.41, 5.74) is 1.15. The van der Waals surface area contributed by atoms with Gasteiger partial charge >= 0.3 is 0 Å². The van der Waals surface area contributed by atoms with Gasteiger partial charge in [0.15, 0.2) is 0 Å². The second kappa shape index (κ2) is 8.61. The minimum Gasteiger partial charge on any atom is -0.257 e. The lowest BCUT2D eigenvalue weighted by Crippen LogP contribution is -2.34. The monoisotopic (exact) mass is 375 g/mol. The lowest BCUT2D eigenvalue weighted by molar-refractivity contribution is 0.0651. The van der Waals surface area contributed by atoms with Crippen molar-refractivity contribution in [3.63, 3.8) is 0 Å². The normalized spacial score (nSPS) is 22.3. The van der Waals surface area contributed by atoms with Crippen LogP contribution in [0.5, 0.6) is 0 Å². The largest absolute Gasteiger partial charge is 0.257 e. The molecule has 0 amide bonds. The number of rotatable bonds is 3. The average Bonchev–Trinajstić information content (AvgIpc) is 3.47. The summed E-state index contributed by atoms with van der Waals surface area (Å²) in [5.74, 6) is 0. The van der Waals surface area contributed by atoms with Gasteiger partial charge in [-0.15, -0.1) is 10.3 Å². The highest BCUT2D eigenvalue weighted by Gasteiger charge is 2.35. The summed E-state index contributed by atoms with van der Waals surface area (Å²) < 4.78 is 8.39. The van der Waals surface area contributed by atoms with Gasteiger partial charge in [0.1, 0.15) is 19.4 Å². The summed E-state index contributed by atoms with van der Waals surface area (Å²) in [5, 5.41) is 17.6. The summed E-state index contributed by atoms with van der Waals surface area (Å²) in [6.45, 7) is 8.16. The Bertz CT molecular complexity index is 654. The molecule has 4 heterocycles. The Morgan fingerprint density at radius 3 is 1.65 bits per heavy atom. The van der Waals surface area contributed by atoms with Crippen LogP contribution in [0.3, 0.4) is 0 Å². The first kappa shape index (κ1) is 18.1. The molecule has 0 unspecified atom stereocenters. The first-order valence-electron chi connectivity index (χ1n) is 9.85. The van der Waals surface area contributed by atoms with E-state index in [-0.39, 0.29) is 8.37 Å². The van der Waals surface area contributed by atoms with Gasteiger partial charge in [-0.25, -0.2) is 0 Å². The number of hydrogen-bond donors (Lipinski definition) is 0. The lowest BCUT2D eigenvalue weighted by Gasteiger charge is -2.40. The third-order valence-corrected chi connectivity index (χ3v) is 8.05. The van der Waals surface area contributed by atoms with Gasteiger partial charge in [-0.2, -0.15) is 0 Å². The second-order valence-electron chi connectivity index (χ2n) is 7.20. The molecule has 1 radical (unpaired) electrons. The van der Waals surface area contributed by atoms with E-state index in [9.17, 15) is 5.21 Å². The van der Waals surface area contributed by atoms with E-state index < -0.39 is 0 Å². The van der Waals surface area contributed by atoms with Crippen LogP contribution in [0.4, 0.5) is 0 Å². The number of hydrogen-bond acceptors (Lipinski definition) is 5. The van der Waals surface area contributed by atoms with Crippen LogP contribution in [0.25, 0.3) is 11.0 Å². The van der Waals surface area contributed by atoms with Crippen LogP contribution in [-0.4, -0.2) is 68.4 Å². The fourth-order valence-corrected chi connectivity index (χ4v) is 7.02.